The van der Waals surface area contributed by atoms with Crippen molar-refractivity contribution in [1.29, 1.82) is 0 Å². The Morgan fingerprint density at radius 1 is 1.60 bits per heavy atom. The molecule has 0 spiro atoms. The molecule has 0 heterocycles. The molecule has 0 saturated heterocycles. The van der Waals surface area contributed by atoms with Gasteiger partial charge in [-0.25, -0.2) is 0 Å². The summed E-state index contributed by atoms with van der Waals surface area (Å²) in [5, 5.41) is 0. The first kappa shape index (κ1) is 9.15. The van der Waals surface area contributed by atoms with Crippen LogP contribution in [-0.2, 0) is 0 Å². The topological polar surface area (TPSA) is 12.4 Å². The van der Waals surface area contributed by atoms with Gasteiger partial charge in [-0.1, -0.05) is 18.6 Å². The van der Waals surface area contributed by atoms with Gasteiger partial charge in [0.25, 0.3) is 0 Å². The number of hydrogen-bond donors (Lipinski definition) is 0. The fraction of sp³-hybridized carbons (Fsp3) is 0.444. The minimum absolute atomic E-state index is 0.953. The molecule has 0 fully saturated rings. The lowest BCUT2D eigenvalue weighted by atomic mass is 10.2. The normalized spacial score (nSPS) is 13.5. The van der Waals surface area contributed by atoms with Crippen molar-refractivity contribution in [3.8, 4) is 0 Å². The van der Waals surface area contributed by atoms with Crippen molar-refractivity contribution in [3.05, 3.63) is 23.4 Å². The Kier molecular flexibility index (Phi) is 4.55. The molecule has 0 N–H and O–H groups in total. The zero-order chi connectivity index (χ0) is 7.98. The third kappa shape index (κ3) is 3.23. The first-order valence-electron chi connectivity index (χ1n) is 3.54. The lowest BCUT2D eigenvalue weighted by molar-refractivity contribution is 1.07. The van der Waals surface area contributed by atoms with Crippen LogP contribution in [0.1, 0.15) is 27.2 Å². The summed E-state index contributed by atoms with van der Waals surface area (Å²) in [5.74, 6) is 0. The molecule has 0 bridgehead atoms. The zero-order valence-corrected chi connectivity index (χ0v) is 7.02. The van der Waals surface area contributed by atoms with Crippen molar-refractivity contribution < 1.29 is 0 Å². The molecule has 0 saturated carbocycles. The largest absolute Gasteiger partial charge is 0.269 e. The predicted molar refractivity (Wildman–Crippen MR) is 47.4 cm³/mol. The van der Waals surface area contributed by atoms with Gasteiger partial charge in [-0.05, 0) is 33.1 Å². The molecule has 0 aromatic carbocycles. The molecule has 1 nitrogen and oxygen atoms in total. The van der Waals surface area contributed by atoms with Crippen molar-refractivity contribution in [1.82, 2.24) is 0 Å². The second kappa shape index (κ2) is 4.98. The molecule has 0 aliphatic heterocycles. The molecule has 0 amide bonds. The fourth-order valence-electron chi connectivity index (χ4n) is 0.606. The second-order valence-corrected chi connectivity index (χ2v) is 2.18. The molecule has 0 aliphatic rings. The lowest BCUT2D eigenvalue weighted by Crippen LogP contribution is -1.75. The Balaban J connectivity index is 4.24. The highest BCUT2D eigenvalue weighted by atomic mass is 14.7. The Bertz CT molecular complexity index is 164. The van der Waals surface area contributed by atoms with E-state index in [4.69, 9.17) is 0 Å². The predicted octanol–water partition coefficient (Wildman–Crippen LogP) is 2.95. The molecular weight excluding hydrogens is 122 g/mol. The van der Waals surface area contributed by atoms with Crippen LogP contribution >= 0.6 is 0 Å². The molecule has 0 aromatic rings. The number of rotatable bonds is 3. The van der Waals surface area contributed by atoms with Crippen molar-refractivity contribution in [2.75, 3.05) is 0 Å². The SMILES string of the molecule is C=N/C(=C\C(C)=C/C)CC. The van der Waals surface area contributed by atoms with Crippen LogP contribution in [0.25, 0.3) is 0 Å². The maximum absolute atomic E-state index is 3.86. The van der Waals surface area contributed by atoms with E-state index in [0.717, 1.165) is 12.1 Å². The third-order valence-electron chi connectivity index (χ3n) is 1.41. The van der Waals surface area contributed by atoms with E-state index in [1.54, 1.807) is 0 Å². The maximum atomic E-state index is 3.86. The summed E-state index contributed by atoms with van der Waals surface area (Å²) in [6.45, 7) is 9.62. The average Bonchev–Trinajstić information content (AvgIpc) is 1.99. The van der Waals surface area contributed by atoms with Crippen LogP contribution in [0, 0.1) is 0 Å². The van der Waals surface area contributed by atoms with Crippen LogP contribution < -0.4 is 0 Å². The van der Waals surface area contributed by atoms with Crippen LogP contribution in [0.3, 0.4) is 0 Å². The monoisotopic (exact) mass is 137 g/mol. The molecule has 0 radical (unpaired) electrons. The van der Waals surface area contributed by atoms with Gasteiger partial charge in [0, 0.05) is 5.70 Å². The number of aliphatic imine (C=N–C) groups is 1. The highest BCUT2D eigenvalue weighted by Gasteiger charge is 1.86. The number of allylic oxidation sites excluding steroid dienone is 4. The highest BCUT2D eigenvalue weighted by Crippen LogP contribution is 2.05. The summed E-state index contributed by atoms with van der Waals surface area (Å²) in [6.07, 6.45) is 5.06. The zero-order valence-electron chi connectivity index (χ0n) is 7.02. The lowest BCUT2D eigenvalue weighted by Gasteiger charge is -1.94. The Labute approximate surface area is 63.2 Å². The van der Waals surface area contributed by atoms with Gasteiger partial charge in [0.2, 0.25) is 0 Å². The fourth-order valence-corrected chi connectivity index (χ4v) is 0.606. The first-order valence-corrected chi connectivity index (χ1v) is 3.54. The molecule has 56 valence electrons. The Hall–Kier alpha value is -0.850. The minimum Gasteiger partial charge on any atom is -0.269 e. The molecule has 0 aromatic heterocycles. The average molecular weight is 137 g/mol. The smallest absolute Gasteiger partial charge is 0.0396 e. The number of hydrogen-bond acceptors (Lipinski definition) is 1. The van der Waals surface area contributed by atoms with E-state index in [1.807, 2.05) is 13.0 Å². The standard InChI is InChI=1S/C9H15N/c1-5-8(3)7-9(6-2)10-4/h5,7H,4,6H2,1-3H3/b8-5-,9-7-. The van der Waals surface area contributed by atoms with Crippen molar-refractivity contribution in [2.24, 2.45) is 4.99 Å². The van der Waals surface area contributed by atoms with Crippen molar-refractivity contribution in [3.63, 3.8) is 0 Å². The Morgan fingerprint density at radius 2 is 2.20 bits per heavy atom. The first-order chi connectivity index (χ1) is 4.74. The van der Waals surface area contributed by atoms with Crippen LogP contribution in [0.15, 0.2) is 28.4 Å². The Morgan fingerprint density at radius 3 is 2.50 bits per heavy atom. The van der Waals surface area contributed by atoms with E-state index in [-0.39, 0.29) is 0 Å². The van der Waals surface area contributed by atoms with Crippen LogP contribution in [0.4, 0.5) is 0 Å². The minimum atomic E-state index is 0.953. The van der Waals surface area contributed by atoms with Gasteiger partial charge in [-0.15, -0.1) is 0 Å². The quantitative estimate of drug-likeness (QED) is 0.419. The van der Waals surface area contributed by atoms with E-state index < -0.39 is 0 Å². The second-order valence-electron chi connectivity index (χ2n) is 2.18. The van der Waals surface area contributed by atoms with E-state index in [9.17, 15) is 0 Å². The van der Waals surface area contributed by atoms with Gasteiger partial charge in [0.1, 0.15) is 0 Å². The molecule has 0 rings (SSSR count). The third-order valence-corrected chi connectivity index (χ3v) is 1.41. The van der Waals surface area contributed by atoms with Gasteiger partial charge in [-0.3, -0.25) is 4.99 Å². The molecular formula is C9H15N. The maximum Gasteiger partial charge on any atom is 0.0396 e. The van der Waals surface area contributed by atoms with Crippen molar-refractivity contribution >= 4 is 6.72 Å². The molecule has 0 unspecified atom stereocenters. The summed E-state index contributed by atoms with van der Waals surface area (Å²) in [7, 11) is 0. The van der Waals surface area contributed by atoms with Gasteiger partial charge in [-0.2, -0.15) is 0 Å². The van der Waals surface area contributed by atoms with E-state index in [1.165, 1.54) is 5.57 Å². The number of nitrogens with zero attached hydrogens (tertiary/aromatic N) is 1. The molecule has 1 heteroatoms. The van der Waals surface area contributed by atoms with Crippen LogP contribution in [-0.4, -0.2) is 6.72 Å². The molecule has 0 atom stereocenters. The van der Waals surface area contributed by atoms with Gasteiger partial charge in [0.15, 0.2) is 0 Å². The van der Waals surface area contributed by atoms with Crippen LogP contribution in [0.5, 0.6) is 0 Å². The van der Waals surface area contributed by atoms with Gasteiger partial charge in [0.05, 0.1) is 0 Å². The molecule has 10 heavy (non-hydrogen) atoms. The summed E-state index contributed by atoms with van der Waals surface area (Å²) < 4.78 is 0. The van der Waals surface area contributed by atoms with E-state index in [0.29, 0.717) is 0 Å². The van der Waals surface area contributed by atoms with E-state index in [2.05, 4.69) is 31.6 Å². The van der Waals surface area contributed by atoms with Crippen LogP contribution in [0.2, 0.25) is 0 Å². The van der Waals surface area contributed by atoms with Gasteiger partial charge >= 0.3 is 0 Å². The summed E-state index contributed by atoms with van der Waals surface area (Å²) in [4.78, 5) is 3.86. The summed E-state index contributed by atoms with van der Waals surface area (Å²) >= 11 is 0. The van der Waals surface area contributed by atoms with E-state index >= 15 is 0 Å². The summed E-state index contributed by atoms with van der Waals surface area (Å²) in [5.41, 5.74) is 2.29. The highest BCUT2D eigenvalue weighted by molar-refractivity contribution is 5.31. The molecule has 0 aliphatic carbocycles. The van der Waals surface area contributed by atoms with Crippen molar-refractivity contribution in [2.45, 2.75) is 27.2 Å². The van der Waals surface area contributed by atoms with Gasteiger partial charge < -0.3 is 0 Å². The summed E-state index contributed by atoms with van der Waals surface area (Å²) in [6, 6.07) is 0.